The fraction of sp³-hybridized carbons (Fsp3) is 0.615. The number of anilines is 2. The Hall–Kier alpha value is -1.49. The molecule has 2 heterocycles. The molecule has 1 aromatic heterocycles. The van der Waals surface area contributed by atoms with Gasteiger partial charge >= 0.3 is 0 Å². The maximum absolute atomic E-state index is 9.15. The van der Waals surface area contributed by atoms with Gasteiger partial charge in [0.1, 0.15) is 0 Å². The first kappa shape index (κ1) is 13.0. The van der Waals surface area contributed by atoms with Gasteiger partial charge in [-0.3, -0.25) is 0 Å². The van der Waals surface area contributed by atoms with Crippen LogP contribution >= 0.6 is 0 Å². The van der Waals surface area contributed by atoms with Crippen LogP contribution in [0.2, 0.25) is 0 Å². The monoisotopic (exact) mass is 251 g/mol. The van der Waals surface area contributed by atoms with Crippen molar-refractivity contribution in [1.82, 2.24) is 4.98 Å². The number of nitrogens with two attached hydrogens (primary N) is 1. The number of methoxy groups -OCH3 is 1. The van der Waals surface area contributed by atoms with Crippen molar-refractivity contribution in [3.8, 4) is 5.88 Å². The number of aliphatic hydroxyl groups is 1. The number of rotatable bonds is 4. The fourth-order valence-corrected chi connectivity index (χ4v) is 2.51. The summed E-state index contributed by atoms with van der Waals surface area (Å²) in [7, 11) is 1.60. The molecule has 1 aliphatic rings. The molecule has 1 aromatic rings. The van der Waals surface area contributed by atoms with Gasteiger partial charge in [-0.2, -0.15) is 4.98 Å². The molecule has 1 unspecified atom stereocenters. The second kappa shape index (κ2) is 5.91. The van der Waals surface area contributed by atoms with E-state index in [1.807, 2.05) is 6.07 Å². The number of hydrogen-bond donors (Lipinski definition) is 2. The molecule has 0 radical (unpaired) electrons. The van der Waals surface area contributed by atoms with Gasteiger partial charge in [-0.15, -0.1) is 0 Å². The van der Waals surface area contributed by atoms with Crippen LogP contribution in [0.5, 0.6) is 5.88 Å². The van der Waals surface area contributed by atoms with Crippen molar-refractivity contribution in [2.24, 2.45) is 0 Å². The smallest absolute Gasteiger partial charge is 0.215 e. The van der Waals surface area contributed by atoms with Crippen molar-refractivity contribution in [2.75, 3.05) is 30.9 Å². The molecule has 2 rings (SSSR count). The topological polar surface area (TPSA) is 71.6 Å². The maximum Gasteiger partial charge on any atom is 0.215 e. The molecular weight excluding hydrogens is 230 g/mol. The third-order valence-corrected chi connectivity index (χ3v) is 3.45. The molecule has 0 aromatic carbocycles. The summed E-state index contributed by atoms with van der Waals surface area (Å²) in [6.07, 6.45) is 4.18. The Kier molecular flexibility index (Phi) is 4.25. The minimum absolute atomic E-state index is 0.199. The zero-order chi connectivity index (χ0) is 13.0. The molecule has 18 heavy (non-hydrogen) atoms. The predicted molar refractivity (Wildman–Crippen MR) is 71.9 cm³/mol. The van der Waals surface area contributed by atoms with Crippen molar-refractivity contribution < 1.29 is 9.84 Å². The van der Waals surface area contributed by atoms with Crippen LogP contribution in [0.3, 0.4) is 0 Å². The molecule has 1 atom stereocenters. The highest BCUT2D eigenvalue weighted by Crippen LogP contribution is 2.30. The SMILES string of the molecule is COc1ccc(N)c(N2CCCCC2CCO)n1. The van der Waals surface area contributed by atoms with Crippen LogP contribution in [-0.2, 0) is 0 Å². The number of nitrogens with zero attached hydrogens (tertiary/aromatic N) is 2. The third-order valence-electron chi connectivity index (χ3n) is 3.45. The summed E-state index contributed by atoms with van der Waals surface area (Å²) >= 11 is 0. The summed E-state index contributed by atoms with van der Waals surface area (Å²) in [6, 6.07) is 3.92. The van der Waals surface area contributed by atoms with E-state index in [0.717, 1.165) is 31.6 Å². The van der Waals surface area contributed by atoms with Crippen molar-refractivity contribution >= 4 is 11.5 Å². The standard InChI is InChI=1S/C13H21N3O2/c1-18-12-6-5-11(14)13(15-12)16-8-3-2-4-10(16)7-9-17/h5-6,10,17H,2-4,7-9,14H2,1H3. The number of aromatic nitrogens is 1. The van der Waals surface area contributed by atoms with E-state index in [4.69, 9.17) is 15.6 Å². The molecule has 0 aliphatic carbocycles. The molecule has 3 N–H and O–H groups in total. The van der Waals surface area contributed by atoms with Crippen molar-refractivity contribution in [2.45, 2.75) is 31.7 Å². The van der Waals surface area contributed by atoms with E-state index in [1.165, 1.54) is 6.42 Å². The number of aliphatic hydroxyl groups excluding tert-OH is 1. The Morgan fingerprint density at radius 1 is 1.50 bits per heavy atom. The Balaban J connectivity index is 2.26. The molecule has 100 valence electrons. The molecule has 0 spiro atoms. The van der Waals surface area contributed by atoms with Gasteiger partial charge in [0.2, 0.25) is 5.88 Å². The predicted octanol–water partition coefficient (Wildman–Crippen LogP) is 1.41. The fourth-order valence-electron chi connectivity index (χ4n) is 2.51. The second-order valence-corrected chi connectivity index (χ2v) is 4.62. The van der Waals surface area contributed by atoms with Crippen LogP contribution in [0.4, 0.5) is 11.5 Å². The van der Waals surface area contributed by atoms with Gasteiger partial charge in [-0.05, 0) is 31.7 Å². The Morgan fingerprint density at radius 3 is 3.06 bits per heavy atom. The molecule has 1 saturated heterocycles. The first-order chi connectivity index (χ1) is 8.76. The quantitative estimate of drug-likeness (QED) is 0.846. The van der Waals surface area contributed by atoms with Gasteiger partial charge in [0.25, 0.3) is 0 Å². The summed E-state index contributed by atoms with van der Waals surface area (Å²) in [6.45, 7) is 1.14. The van der Waals surface area contributed by atoms with Crippen LogP contribution in [0.15, 0.2) is 12.1 Å². The minimum atomic E-state index is 0.199. The van der Waals surface area contributed by atoms with E-state index in [2.05, 4.69) is 9.88 Å². The molecule has 5 heteroatoms. The summed E-state index contributed by atoms with van der Waals surface area (Å²) < 4.78 is 5.15. The minimum Gasteiger partial charge on any atom is -0.481 e. The zero-order valence-electron chi connectivity index (χ0n) is 10.8. The van der Waals surface area contributed by atoms with Crippen LogP contribution in [-0.4, -0.2) is 36.4 Å². The average Bonchev–Trinajstić information content (AvgIpc) is 2.41. The van der Waals surface area contributed by atoms with E-state index < -0.39 is 0 Å². The van der Waals surface area contributed by atoms with E-state index in [9.17, 15) is 0 Å². The van der Waals surface area contributed by atoms with E-state index in [0.29, 0.717) is 17.6 Å². The van der Waals surface area contributed by atoms with Crippen LogP contribution in [0.25, 0.3) is 0 Å². The van der Waals surface area contributed by atoms with Gasteiger partial charge in [0.15, 0.2) is 5.82 Å². The highest BCUT2D eigenvalue weighted by atomic mass is 16.5. The normalized spacial score (nSPS) is 19.9. The van der Waals surface area contributed by atoms with Gasteiger partial charge in [-0.1, -0.05) is 0 Å². The lowest BCUT2D eigenvalue weighted by Crippen LogP contribution is -2.41. The summed E-state index contributed by atoms with van der Waals surface area (Å²) in [5, 5.41) is 9.15. The summed E-state index contributed by atoms with van der Waals surface area (Å²) in [5.41, 5.74) is 6.68. The molecule has 1 aliphatic heterocycles. The van der Waals surface area contributed by atoms with Crippen LogP contribution in [0, 0.1) is 0 Å². The number of piperidine rings is 1. The summed E-state index contributed by atoms with van der Waals surface area (Å²) in [4.78, 5) is 6.65. The molecule has 0 saturated carbocycles. The van der Waals surface area contributed by atoms with E-state index in [-0.39, 0.29) is 6.61 Å². The molecule has 0 bridgehead atoms. The van der Waals surface area contributed by atoms with Gasteiger partial charge < -0.3 is 20.5 Å². The van der Waals surface area contributed by atoms with Gasteiger partial charge in [-0.25, -0.2) is 0 Å². The molecule has 1 fully saturated rings. The maximum atomic E-state index is 9.15. The highest BCUT2D eigenvalue weighted by Gasteiger charge is 2.24. The average molecular weight is 251 g/mol. The Bertz CT molecular complexity index is 396. The Labute approximate surface area is 108 Å². The van der Waals surface area contributed by atoms with Gasteiger partial charge in [0.05, 0.1) is 12.8 Å². The van der Waals surface area contributed by atoms with Gasteiger partial charge in [0, 0.05) is 25.3 Å². The lowest BCUT2D eigenvalue weighted by Gasteiger charge is -2.37. The van der Waals surface area contributed by atoms with E-state index >= 15 is 0 Å². The highest BCUT2D eigenvalue weighted by molar-refractivity contribution is 5.64. The van der Waals surface area contributed by atoms with Crippen molar-refractivity contribution in [3.05, 3.63) is 12.1 Å². The lowest BCUT2D eigenvalue weighted by atomic mass is 9.99. The largest absolute Gasteiger partial charge is 0.481 e. The second-order valence-electron chi connectivity index (χ2n) is 4.62. The molecule has 5 nitrogen and oxygen atoms in total. The van der Waals surface area contributed by atoms with Crippen LogP contribution in [0.1, 0.15) is 25.7 Å². The number of nitrogen functional groups attached to an aromatic ring is 1. The zero-order valence-corrected chi connectivity index (χ0v) is 10.8. The first-order valence-electron chi connectivity index (χ1n) is 6.44. The summed E-state index contributed by atoms with van der Waals surface area (Å²) in [5.74, 6) is 1.36. The Morgan fingerprint density at radius 2 is 2.33 bits per heavy atom. The van der Waals surface area contributed by atoms with E-state index in [1.54, 1.807) is 13.2 Å². The van der Waals surface area contributed by atoms with Crippen LogP contribution < -0.4 is 15.4 Å². The van der Waals surface area contributed by atoms with Crippen molar-refractivity contribution in [3.63, 3.8) is 0 Å². The third kappa shape index (κ3) is 2.67. The van der Waals surface area contributed by atoms with Crippen molar-refractivity contribution in [1.29, 1.82) is 0 Å². The number of ether oxygens (including phenoxy) is 1. The number of pyridine rings is 1. The number of hydrogen-bond acceptors (Lipinski definition) is 5. The molecular formula is C13H21N3O2. The molecule has 0 amide bonds. The lowest BCUT2D eigenvalue weighted by molar-refractivity contribution is 0.262. The first-order valence-corrected chi connectivity index (χ1v) is 6.44.